The molecule has 3 rings (SSSR count). The average molecular weight is 261 g/mol. The number of anilines is 1. The topological polar surface area (TPSA) is 49.7 Å². The molecular formula is C12H15N5S. The first kappa shape index (κ1) is 11.4. The smallest absolute Gasteiger partial charge is 0.242 e. The number of aromatic nitrogens is 4. The fraction of sp³-hybridized carbons (Fsp3) is 0.417. The van der Waals surface area contributed by atoms with Crippen LogP contribution < -0.4 is 4.90 Å². The molecule has 0 amide bonds. The molecule has 2 heterocycles. The minimum atomic E-state index is 0.445. The number of H-pyrrole nitrogens is 1. The van der Waals surface area contributed by atoms with Gasteiger partial charge in [0.15, 0.2) is 0 Å². The monoisotopic (exact) mass is 261 g/mol. The second-order valence-electron chi connectivity index (χ2n) is 4.48. The molecule has 1 aliphatic rings. The van der Waals surface area contributed by atoms with Crippen molar-refractivity contribution in [1.82, 2.24) is 20.2 Å². The molecule has 0 unspecified atom stereocenters. The van der Waals surface area contributed by atoms with Gasteiger partial charge in [0.1, 0.15) is 0 Å². The lowest BCUT2D eigenvalue weighted by Crippen LogP contribution is -2.29. The van der Waals surface area contributed by atoms with Gasteiger partial charge >= 0.3 is 0 Å². The Bertz CT molecular complexity index is 565. The van der Waals surface area contributed by atoms with Gasteiger partial charge in [-0.05, 0) is 55.7 Å². The molecule has 0 spiro atoms. The van der Waals surface area contributed by atoms with E-state index in [4.69, 9.17) is 12.2 Å². The minimum Gasteiger partial charge on any atom is -0.372 e. The van der Waals surface area contributed by atoms with Gasteiger partial charge < -0.3 is 4.90 Å². The van der Waals surface area contributed by atoms with E-state index in [1.54, 1.807) is 4.68 Å². The molecular weight excluding hydrogens is 246 g/mol. The first-order valence-electron chi connectivity index (χ1n) is 6.20. The van der Waals surface area contributed by atoms with E-state index in [0.29, 0.717) is 4.77 Å². The number of aromatic amines is 1. The highest BCUT2D eigenvalue weighted by atomic mass is 32.1. The van der Waals surface area contributed by atoms with Crippen LogP contribution in [0.25, 0.3) is 5.69 Å². The molecule has 1 N–H and O–H groups in total. The number of tetrazole rings is 1. The largest absolute Gasteiger partial charge is 0.372 e. The third-order valence-electron chi connectivity index (χ3n) is 3.30. The normalized spacial score (nSPS) is 15.9. The molecule has 18 heavy (non-hydrogen) atoms. The van der Waals surface area contributed by atoms with Crippen molar-refractivity contribution in [2.45, 2.75) is 19.3 Å². The second kappa shape index (κ2) is 4.89. The molecule has 1 aliphatic heterocycles. The van der Waals surface area contributed by atoms with Gasteiger partial charge in [-0.15, -0.1) is 0 Å². The number of hydrogen-bond donors (Lipinski definition) is 1. The number of nitrogens with one attached hydrogen (secondary N) is 1. The molecule has 94 valence electrons. The third kappa shape index (κ3) is 2.15. The second-order valence-corrected chi connectivity index (χ2v) is 4.85. The maximum Gasteiger partial charge on any atom is 0.242 e. The van der Waals surface area contributed by atoms with Gasteiger partial charge in [-0.25, -0.2) is 4.68 Å². The molecule has 2 aromatic rings. The molecule has 0 aliphatic carbocycles. The van der Waals surface area contributed by atoms with Crippen LogP contribution in [0.4, 0.5) is 5.69 Å². The zero-order valence-corrected chi connectivity index (χ0v) is 10.9. The lowest BCUT2D eigenvalue weighted by Gasteiger charge is -2.28. The van der Waals surface area contributed by atoms with Crippen LogP contribution in [0.1, 0.15) is 19.3 Å². The van der Waals surface area contributed by atoms with Gasteiger partial charge in [0.25, 0.3) is 0 Å². The molecule has 1 aromatic heterocycles. The Morgan fingerprint density at radius 2 is 1.67 bits per heavy atom. The summed E-state index contributed by atoms with van der Waals surface area (Å²) in [5.74, 6) is 0. The Labute approximate surface area is 110 Å². The third-order valence-corrected chi connectivity index (χ3v) is 3.56. The van der Waals surface area contributed by atoms with Crippen molar-refractivity contribution in [2.75, 3.05) is 18.0 Å². The summed E-state index contributed by atoms with van der Waals surface area (Å²) in [5.41, 5.74) is 2.24. The maximum atomic E-state index is 5.07. The maximum absolute atomic E-state index is 5.07. The van der Waals surface area contributed by atoms with Gasteiger partial charge in [-0.3, -0.25) is 0 Å². The Kier molecular flexibility index (Phi) is 3.10. The molecule has 0 bridgehead atoms. The fourth-order valence-corrected chi connectivity index (χ4v) is 2.52. The van der Waals surface area contributed by atoms with Gasteiger partial charge in [0.05, 0.1) is 5.69 Å². The Hall–Kier alpha value is -1.69. The quantitative estimate of drug-likeness (QED) is 0.843. The number of hydrogen-bond acceptors (Lipinski definition) is 4. The number of piperidine rings is 1. The van der Waals surface area contributed by atoms with Crippen molar-refractivity contribution >= 4 is 17.9 Å². The van der Waals surface area contributed by atoms with Crippen molar-refractivity contribution in [1.29, 1.82) is 0 Å². The summed E-state index contributed by atoms with van der Waals surface area (Å²) >= 11 is 5.07. The van der Waals surface area contributed by atoms with Crippen LogP contribution in [0.3, 0.4) is 0 Å². The Morgan fingerprint density at radius 1 is 1.00 bits per heavy atom. The first-order valence-corrected chi connectivity index (χ1v) is 6.61. The molecule has 0 saturated carbocycles. The molecule has 0 radical (unpaired) electrons. The highest BCUT2D eigenvalue weighted by molar-refractivity contribution is 7.71. The van der Waals surface area contributed by atoms with Crippen molar-refractivity contribution in [2.24, 2.45) is 0 Å². The highest BCUT2D eigenvalue weighted by Crippen LogP contribution is 2.21. The summed E-state index contributed by atoms with van der Waals surface area (Å²) in [6.07, 6.45) is 3.93. The van der Waals surface area contributed by atoms with Crippen LogP contribution >= 0.6 is 12.2 Å². The van der Waals surface area contributed by atoms with E-state index in [0.717, 1.165) is 18.8 Å². The van der Waals surface area contributed by atoms with Crippen molar-refractivity contribution in [3.05, 3.63) is 29.0 Å². The summed E-state index contributed by atoms with van der Waals surface area (Å²) in [4.78, 5) is 2.43. The fourth-order valence-electron chi connectivity index (χ4n) is 2.33. The molecule has 1 saturated heterocycles. The van der Waals surface area contributed by atoms with E-state index < -0.39 is 0 Å². The summed E-state index contributed by atoms with van der Waals surface area (Å²) < 4.78 is 2.13. The number of benzene rings is 1. The van der Waals surface area contributed by atoms with Crippen LogP contribution in [-0.4, -0.2) is 33.3 Å². The molecule has 1 fully saturated rings. The van der Waals surface area contributed by atoms with Gasteiger partial charge in [0.2, 0.25) is 4.77 Å². The van der Waals surface area contributed by atoms with Gasteiger partial charge in [-0.2, -0.15) is 5.21 Å². The van der Waals surface area contributed by atoms with Crippen molar-refractivity contribution in [3.8, 4) is 5.69 Å². The van der Waals surface area contributed by atoms with Crippen LogP contribution in [0, 0.1) is 4.77 Å². The lowest BCUT2D eigenvalue weighted by atomic mass is 10.1. The minimum absolute atomic E-state index is 0.445. The number of nitrogens with zero attached hydrogens (tertiary/aromatic N) is 4. The van der Waals surface area contributed by atoms with Crippen LogP contribution in [0.5, 0.6) is 0 Å². The molecule has 1 aromatic carbocycles. The van der Waals surface area contributed by atoms with Crippen molar-refractivity contribution < 1.29 is 0 Å². The first-order chi connectivity index (χ1) is 8.84. The zero-order valence-electron chi connectivity index (χ0n) is 10.0. The van der Waals surface area contributed by atoms with E-state index in [9.17, 15) is 0 Å². The molecule has 5 nitrogen and oxygen atoms in total. The van der Waals surface area contributed by atoms with Crippen LogP contribution in [0.2, 0.25) is 0 Å². The van der Waals surface area contributed by atoms with Gasteiger partial charge in [-0.1, -0.05) is 10.3 Å². The van der Waals surface area contributed by atoms with E-state index in [1.165, 1.54) is 24.9 Å². The van der Waals surface area contributed by atoms with E-state index in [2.05, 4.69) is 32.6 Å². The Balaban J connectivity index is 1.85. The standard InChI is InChI=1S/C12H15N5S/c18-12-13-14-15-17(12)11-6-4-10(5-7-11)16-8-2-1-3-9-16/h4-7H,1-3,8-9H2,(H,13,15,18). The SMILES string of the molecule is S=c1nn[nH]n1-c1ccc(N2CCCCC2)cc1. The Morgan fingerprint density at radius 3 is 2.28 bits per heavy atom. The lowest BCUT2D eigenvalue weighted by molar-refractivity contribution is 0.578. The van der Waals surface area contributed by atoms with Crippen molar-refractivity contribution in [3.63, 3.8) is 0 Å². The summed E-state index contributed by atoms with van der Waals surface area (Å²) in [6, 6.07) is 8.34. The predicted molar refractivity (Wildman–Crippen MR) is 72.6 cm³/mol. The average Bonchev–Trinajstić information content (AvgIpc) is 2.86. The summed E-state index contributed by atoms with van der Waals surface area (Å²) in [5, 5.41) is 10.2. The van der Waals surface area contributed by atoms with Gasteiger partial charge in [0, 0.05) is 18.8 Å². The zero-order chi connectivity index (χ0) is 12.4. The predicted octanol–water partition coefficient (Wildman–Crippen LogP) is 2.32. The van der Waals surface area contributed by atoms with E-state index >= 15 is 0 Å². The van der Waals surface area contributed by atoms with E-state index in [-0.39, 0.29) is 0 Å². The molecule has 0 atom stereocenters. The van der Waals surface area contributed by atoms with Crippen LogP contribution in [0.15, 0.2) is 24.3 Å². The summed E-state index contributed by atoms with van der Waals surface area (Å²) in [7, 11) is 0. The molecule has 6 heteroatoms. The highest BCUT2D eigenvalue weighted by Gasteiger charge is 2.10. The summed E-state index contributed by atoms with van der Waals surface area (Å²) in [6.45, 7) is 2.31. The van der Waals surface area contributed by atoms with Crippen LogP contribution in [-0.2, 0) is 0 Å². The van der Waals surface area contributed by atoms with E-state index in [1.807, 2.05) is 12.1 Å². The number of rotatable bonds is 2.